The van der Waals surface area contributed by atoms with Crippen LogP contribution in [0.1, 0.15) is 0 Å². The van der Waals surface area contributed by atoms with E-state index in [0.717, 1.165) is 22.2 Å². The van der Waals surface area contributed by atoms with Gasteiger partial charge in [-0.1, -0.05) is 0 Å². The molecule has 3 rings (SSSR count). The molecule has 0 aliphatic rings. The Kier molecular flexibility index (Phi) is 1.71. The second-order valence-electron chi connectivity index (χ2n) is 3.16. The Morgan fingerprint density at radius 3 is 2.93 bits per heavy atom. The van der Waals surface area contributed by atoms with E-state index >= 15 is 0 Å². The number of nitrogens with zero attached hydrogens (tertiary/aromatic N) is 3. The summed E-state index contributed by atoms with van der Waals surface area (Å²) in [6, 6.07) is 5.88. The number of oxazole rings is 1. The standard InChI is InChI=1S/C11H7N3O/c1-2-10-9(4-12-6-14-10)3-8(1)11-5-13-7-15-11/h1-7H. The van der Waals surface area contributed by atoms with Crippen molar-refractivity contribution in [2.24, 2.45) is 0 Å². The van der Waals surface area contributed by atoms with Crippen molar-refractivity contribution in [3.05, 3.63) is 43.3 Å². The van der Waals surface area contributed by atoms with Gasteiger partial charge in [0.1, 0.15) is 6.33 Å². The first-order chi connectivity index (χ1) is 7.43. The summed E-state index contributed by atoms with van der Waals surface area (Å²) in [4.78, 5) is 12.0. The highest BCUT2D eigenvalue weighted by Gasteiger charge is 2.02. The summed E-state index contributed by atoms with van der Waals surface area (Å²) in [6.45, 7) is 0. The van der Waals surface area contributed by atoms with Crippen LogP contribution < -0.4 is 0 Å². The maximum atomic E-state index is 5.22. The van der Waals surface area contributed by atoms with Crippen LogP contribution in [0.25, 0.3) is 22.2 Å². The Balaban J connectivity index is 2.22. The molecule has 4 nitrogen and oxygen atoms in total. The first-order valence-electron chi connectivity index (χ1n) is 4.52. The quantitative estimate of drug-likeness (QED) is 0.600. The number of fused-ring (bicyclic) bond motifs is 1. The van der Waals surface area contributed by atoms with Gasteiger partial charge in [-0.05, 0) is 18.2 Å². The van der Waals surface area contributed by atoms with Crippen molar-refractivity contribution in [1.82, 2.24) is 15.0 Å². The third-order valence-corrected chi connectivity index (χ3v) is 2.22. The first-order valence-corrected chi connectivity index (χ1v) is 4.52. The molecule has 0 unspecified atom stereocenters. The average molecular weight is 197 g/mol. The molecule has 0 atom stereocenters. The molecule has 72 valence electrons. The van der Waals surface area contributed by atoms with Crippen molar-refractivity contribution >= 4 is 10.9 Å². The topological polar surface area (TPSA) is 51.8 Å². The van der Waals surface area contributed by atoms with Crippen LogP contribution in [0.4, 0.5) is 0 Å². The summed E-state index contributed by atoms with van der Waals surface area (Å²) >= 11 is 0. The summed E-state index contributed by atoms with van der Waals surface area (Å²) in [7, 11) is 0. The van der Waals surface area contributed by atoms with Crippen molar-refractivity contribution in [2.45, 2.75) is 0 Å². The van der Waals surface area contributed by atoms with Crippen LogP contribution in [0.5, 0.6) is 0 Å². The fourth-order valence-corrected chi connectivity index (χ4v) is 1.50. The fraction of sp³-hybridized carbons (Fsp3) is 0. The van der Waals surface area contributed by atoms with Gasteiger partial charge in [-0.15, -0.1) is 0 Å². The van der Waals surface area contributed by atoms with Crippen molar-refractivity contribution in [2.75, 3.05) is 0 Å². The molecule has 0 aliphatic carbocycles. The predicted molar refractivity (Wildman–Crippen MR) is 55.0 cm³/mol. The molecule has 0 bridgehead atoms. The molecule has 1 aromatic carbocycles. The van der Waals surface area contributed by atoms with E-state index < -0.39 is 0 Å². The SMILES string of the molecule is c1ncc2cc(-c3cnco3)ccc2n1. The smallest absolute Gasteiger partial charge is 0.181 e. The van der Waals surface area contributed by atoms with Crippen LogP contribution in [0.3, 0.4) is 0 Å². The average Bonchev–Trinajstić information content (AvgIpc) is 2.82. The van der Waals surface area contributed by atoms with E-state index in [4.69, 9.17) is 4.42 Å². The Morgan fingerprint density at radius 2 is 2.07 bits per heavy atom. The van der Waals surface area contributed by atoms with Crippen molar-refractivity contribution in [1.29, 1.82) is 0 Å². The Morgan fingerprint density at radius 1 is 1.07 bits per heavy atom. The van der Waals surface area contributed by atoms with E-state index in [1.165, 1.54) is 12.7 Å². The third kappa shape index (κ3) is 1.36. The highest BCUT2D eigenvalue weighted by Crippen LogP contribution is 2.22. The summed E-state index contributed by atoms with van der Waals surface area (Å²) in [5.74, 6) is 0.751. The molecule has 0 N–H and O–H groups in total. The molecule has 2 heterocycles. The minimum Gasteiger partial charge on any atom is -0.444 e. The van der Waals surface area contributed by atoms with Gasteiger partial charge in [-0.25, -0.2) is 15.0 Å². The van der Waals surface area contributed by atoms with E-state index in [-0.39, 0.29) is 0 Å². The van der Waals surface area contributed by atoms with Crippen LogP contribution in [-0.4, -0.2) is 15.0 Å². The molecule has 0 saturated carbocycles. The lowest BCUT2D eigenvalue weighted by Gasteiger charge is -1.98. The Bertz CT molecular complexity index is 590. The van der Waals surface area contributed by atoms with Gasteiger partial charge in [0, 0.05) is 17.1 Å². The lowest BCUT2D eigenvalue weighted by Crippen LogP contribution is -1.81. The van der Waals surface area contributed by atoms with Gasteiger partial charge in [-0.2, -0.15) is 0 Å². The van der Waals surface area contributed by atoms with Gasteiger partial charge >= 0.3 is 0 Å². The van der Waals surface area contributed by atoms with Gasteiger partial charge < -0.3 is 4.42 Å². The molecule has 4 heteroatoms. The van der Waals surface area contributed by atoms with Crippen molar-refractivity contribution < 1.29 is 4.42 Å². The molecule has 0 spiro atoms. The maximum Gasteiger partial charge on any atom is 0.181 e. The van der Waals surface area contributed by atoms with E-state index in [1.807, 2.05) is 18.2 Å². The number of hydrogen-bond acceptors (Lipinski definition) is 4. The highest BCUT2D eigenvalue weighted by molar-refractivity contribution is 5.82. The Hall–Kier alpha value is -2.23. The second kappa shape index (κ2) is 3.16. The van der Waals surface area contributed by atoms with Gasteiger partial charge in [-0.3, -0.25) is 0 Å². The number of hydrogen-bond donors (Lipinski definition) is 0. The minimum atomic E-state index is 0.751. The second-order valence-corrected chi connectivity index (χ2v) is 3.16. The molecule has 0 radical (unpaired) electrons. The number of aromatic nitrogens is 3. The number of rotatable bonds is 1. The normalized spacial score (nSPS) is 10.7. The summed E-state index contributed by atoms with van der Waals surface area (Å²) in [5, 5.41) is 0.992. The van der Waals surface area contributed by atoms with E-state index in [9.17, 15) is 0 Å². The summed E-state index contributed by atoms with van der Waals surface area (Å²) < 4.78 is 5.22. The fourth-order valence-electron chi connectivity index (χ4n) is 1.50. The first kappa shape index (κ1) is 8.11. The molecule has 3 aromatic rings. The summed E-state index contributed by atoms with van der Waals surface area (Å²) in [5.41, 5.74) is 1.91. The monoisotopic (exact) mass is 197 g/mol. The third-order valence-electron chi connectivity index (χ3n) is 2.22. The van der Waals surface area contributed by atoms with Gasteiger partial charge in [0.25, 0.3) is 0 Å². The van der Waals surface area contributed by atoms with Gasteiger partial charge in [0.2, 0.25) is 0 Å². The van der Waals surface area contributed by atoms with Gasteiger partial charge in [0.05, 0.1) is 11.7 Å². The van der Waals surface area contributed by atoms with Crippen molar-refractivity contribution in [3.8, 4) is 11.3 Å². The molecular formula is C11H7N3O. The van der Waals surface area contributed by atoms with Crippen molar-refractivity contribution in [3.63, 3.8) is 0 Å². The van der Waals surface area contributed by atoms with E-state index in [2.05, 4.69) is 15.0 Å². The highest BCUT2D eigenvalue weighted by atomic mass is 16.3. The zero-order chi connectivity index (χ0) is 10.1. The van der Waals surface area contributed by atoms with Crippen LogP contribution in [0.15, 0.2) is 47.7 Å². The lowest BCUT2D eigenvalue weighted by molar-refractivity contribution is 0.572. The van der Waals surface area contributed by atoms with E-state index in [0.29, 0.717) is 0 Å². The predicted octanol–water partition coefficient (Wildman–Crippen LogP) is 2.28. The molecular weight excluding hydrogens is 190 g/mol. The molecule has 0 amide bonds. The molecule has 0 aliphatic heterocycles. The minimum absolute atomic E-state index is 0.751. The maximum absolute atomic E-state index is 5.22. The van der Waals surface area contributed by atoms with Gasteiger partial charge in [0.15, 0.2) is 12.2 Å². The molecule has 0 fully saturated rings. The molecule has 15 heavy (non-hydrogen) atoms. The van der Waals surface area contributed by atoms with Crippen LogP contribution in [0.2, 0.25) is 0 Å². The Labute approximate surface area is 85.6 Å². The van der Waals surface area contributed by atoms with Crippen LogP contribution >= 0.6 is 0 Å². The summed E-state index contributed by atoms with van der Waals surface area (Å²) in [6.07, 6.45) is 6.42. The van der Waals surface area contributed by atoms with Crippen LogP contribution in [-0.2, 0) is 0 Å². The zero-order valence-corrected chi connectivity index (χ0v) is 7.79. The largest absolute Gasteiger partial charge is 0.444 e. The number of benzene rings is 1. The zero-order valence-electron chi connectivity index (χ0n) is 7.79. The molecule has 0 saturated heterocycles. The lowest BCUT2D eigenvalue weighted by atomic mass is 10.1. The molecule has 2 aromatic heterocycles. The van der Waals surface area contributed by atoms with Crippen LogP contribution in [0, 0.1) is 0 Å². The van der Waals surface area contributed by atoms with E-state index in [1.54, 1.807) is 12.4 Å².